The molecule has 1 aromatic heterocycles. The van der Waals surface area contributed by atoms with Gasteiger partial charge < -0.3 is 9.84 Å². The molecule has 9 heteroatoms. The van der Waals surface area contributed by atoms with E-state index in [9.17, 15) is 24.3 Å². The van der Waals surface area contributed by atoms with Crippen LogP contribution in [-0.2, 0) is 17.9 Å². The third-order valence-corrected chi connectivity index (χ3v) is 4.04. The molecule has 1 aliphatic rings. The standard InChI is InChI=1S/C16H15N3O6/c1-3-18-13(20)11(14(21)22)7-19(15(18)23)10-4-5-12-9(6-10)8-25-16(24)17(12)2/h4-7H,3,8H2,1-2H3,(H,21,22). The van der Waals surface area contributed by atoms with E-state index >= 15 is 0 Å². The fraction of sp³-hybridized carbons (Fsp3) is 0.250. The van der Waals surface area contributed by atoms with E-state index in [0.717, 1.165) is 15.3 Å². The number of carboxylic acids is 1. The van der Waals surface area contributed by atoms with Crippen molar-refractivity contribution < 1.29 is 19.4 Å². The lowest BCUT2D eigenvalue weighted by Crippen LogP contribution is -2.41. The molecule has 9 nitrogen and oxygen atoms in total. The lowest BCUT2D eigenvalue weighted by atomic mass is 10.1. The number of carbonyl (C=O) groups is 2. The summed E-state index contributed by atoms with van der Waals surface area (Å²) in [6, 6.07) is 4.83. The molecule has 1 N–H and O–H groups in total. The van der Waals surface area contributed by atoms with Gasteiger partial charge in [0.2, 0.25) is 0 Å². The molecular formula is C16H15N3O6. The second-order valence-electron chi connectivity index (χ2n) is 5.48. The van der Waals surface area contributed by atoms with Gasteiger partial charge in [-0.3, -0.25) is 18.8 Å². The highest BCUT2D eigenvalue weighted by atomic mass is 16.6. The second-order valence-corrected chi connectivity index (χ2v) is 5.48. The molecule has 1 aliphatic heterocycles. The van der Waals surface area contributed by atoms with Gasteiger partial charge in [-0.15, -0.1) is 0 Å². The lowest BCUT2D eigenvalue weighted by Gasteiger charge is -2.26. The Morgan fingerprint density at radius 3 is 2.64 bits per heavy atom. The molecule has 2 aromatic rings. The van der Waals surface area contributed by atoms with Crippen LogP contribution in [0.4, 0.5) is 10.5 Å². The van der Waals surface area contributed by atoms with Crippen LogP contribution in [0.15, 0.2) is 34.0 Å². The summed E-state index contributed by atoms with van der Waals surface area (Å²) in [6.45, 7) is 1.67. The molecule has 0 spiro atoms. The van der Waals surface area contributed by atoms with Crippen molar-refractivity contribution in [3.05, 3.63) is 56.4 Å². The van der Waals surface area contributed by atoms with Crippen molar-refractivity contribution >= 4 is 17.7 Å². The zero-order valence-corrected chi connectivity index (χ0v) is 13.6. The SMILES string of the molecule is CCn1c(=O)c(C(=O)O)cn(-c2ccc3c(c2)COC(=O)N3C)c1=O. The van der Waals surface area contributed by atoms with E-state index in [0.29, 0.717) is 16.9 Å². The minimum absolute atomic E-state index is 0.0420. The van der Waals surface area contributed by atoms with Crippen molar-refractivity contribution in [2.75, 3.05) is 11.9 Å². The Morgan fingerprint density at radius 2 is 2.00 bits per heavy atom. The highest BCUT2D eigenvalue weighted by Gasteiger charge is 2.23. The predicted octanol–water partition coefficient (Wildman–Crippen LogP) is 0.804. The van der Waals surface area contributed by atoms with Crippen LogP contribution in [0.25, 0.3) is 5.69 Å². The molecule has 130 valence electrons. The van der Waals surface area contributed by atoms with Crippen molar-refractivity contribution in [1.29, 1.82) is 0 Å². The molecule has 0 fully saturated rings. The molecule has 2 heterocycles. The zero-order valence-electron chi connectivity index (χ0n) is 13.6. The van der Waals surface area contributed by atoms with Crippen LogP contribution in [0.3, 0.4) is 0 Å². The maximum absolute atomic E-state index is 12.5. The van der Waals surface area contributed by atoms with Crippen LogP contribution in [0, 0.1) is 0 Å². The van der Waals surface area contributed by atoms with Gasteiger partial charge in [0.25, 0.3) is 5.56 Å². The van der Waals surface area contributed by atoms with Crippen LogP contribution < -0.4 is 16.1 Å². The predicted molar refractivity (Wildman–Crippen MR) is 87.5 cm³/mol. The van der Waals surface area contributed by atoms with Crippen LogP contribution in [0.1, 0.15) is 22.8 Å². The Kier molecular flexibility index (Phi) is 3.91. The number of nitrogens with zero attached hydrogens (tertiary/aromatic N) is 3. The number of aromatic nitrogens is 2. The minimum atomic E-state index is -1.41. The van der Waals surface area contributed by atoms with Gasteiger partial charge in [0.15, 0.2) is 0 Å². The molecule has 0 saturated carbocycles. The first-order valence-electron chi connectivity index (χ1n) is 7.48. The van der Waals surface area contributed by atoms with Gasteiger partial charge in [-0.1, -0.05) is 0 Å². The number of hydrogen-bond donors (Lipinski definition) is 1. The number of amides is 1. The maximum atomic E-state index is 12.5. The molecule has 0 bridgehead atoms. The number of fused-ring (bicyclic) bond motifs is 1. The quantitative estimate of drug-likeness (QED) is 0.881. The Balaban J connectivity index is 2.22. The maximum Gasteiger partial charge on any atom is 0.414 e. The van der Waals surface area contributed by atoms with Crippen molar-refractivity contribution in [3.8, 4) is 5.69 Å². The molecule has 1 aromatic carbocycles. The first-order chi connectivity index (χ1) is 11.8. The number of benzene rings is 1. The Bertz CT molecular complexity index is 1000. The van der Waals surface area contributed by atoms with Crippen molar-refractivity contribution in [2.24, 2.45) is 0 Å². The van der Waals surface area contributed by atoms with E-state index in [1.165, 1.54) is 4.90 Å². The van der Waals surface area contributed by atoms with Crippen molar-refractivity contribution in [1.82, 2.24) is 9.13 Å². The van der Waals surface area contributed by atoms with Crippen LogP contribution in [-0.4, -0.2) is 33.4 Å². The van der Waals surface area contributed by atoms with Crippen LogP contribution >= 0.6 is 0 Å². The zero-order chi connectivity index (χ0) is 18.3. The van der Waals surface area contributed by atoms with Gasteiger partial charge in [-0.2, -0.15) is 0 Å². The van der Waals surface area contributed by atoms with E-state index < -0.39 is 28.9 Å². The lowest BCUT2D eigenvalue weighted by molar-refractivity contribution is 0.0693. The topological polar surface area (TPSA) is 111 Å². The molecule has 0 saturated heterocycles. The number of carboxylic acid groups (broad SMARTS) is 1. The summed E-state index contributed by atoms with van der Waals surface area (Å²) in [4.78, 5) is 48.8. The number of cyclic esters (lactones) is 1. The summed E-state index contributed by atoms with van der Waals surface area (Å²) in [7, 11) is 1.56. The fourth-order valence-corrected chi connectivity index (χ4v) is 2.71. The highest BCUT2D eigenvalue weighted by molar-refractivity contribution is 5.90. The molecule has 0 radical (unpaired) electrons. The van der Waals surface area contributed by atoms with E-state index in [1.54, 1.807) is 32.2 Å². The van der Waals surface area contributed by atoms with Gasteiger partial charge in [0.1, 0.15) is 12.2 Å². The third-order valence-electron chi connectivity index (χ3n) is 4.04. The number of ether oxygens (including phenoxy) is 1. The molecule has 3 rings (SSSR count). The van der Waals surface area contributed by atoms with Gasteiger partial charge in [-0.05, 0) is 25.1 Å². The fourth-order valence-electron chi connectivity index (χ4n) is 2.71. The Labute approximate surface area is 141 Å². The summed E-state index contributed by atoms with van der Waals surface area (Å²) >= 11 is 0. The Hall–Kier alpha value is -3.36. The second kappa shape index (κ2) is 5.93. The van der Waals surface area contributed by atoms with Gasteiger partial charge in [-0.25, -0.2) is 14.4 Å². The molecule has 0 atom stereocenters. The van der Waals surface area contributed by atoms with Crippen molar-refractivity contribution in [3.63, 3.8) is 0 Å². The van der Waals surface area contributed by atoms with E-state index in [2.05, 4.69) is 0 Å². The van der Waals surface area contributed by atoms with Gasteiger partial charge in [0.05, 0.1) is 11.4 Å². The average molecular weight is 345 g/mol. The molecule has 25 heavy (non-hydrogen) atoms. The van der Waals surface area contributed by atoms with Gasteiger partial charge in [0, 0.05) is 25.4 Å². The monoisotopic (exact) mass is 345 g/mol. The van der Waals surface area contributed by atoms with E-state index in [-0.39, 0.29) is 13.2 Å². The number of carbonyl (C=O) groups excluding carboxylic acids is 1. The smallest absolute Gasteiger partial charge is 0.414 e. The first kappa shape index (κ1) is 16.5. The highest BCUT2D eigenvalue weighted by Crippen LogP contribution is 2.27. The largest absolute Gasteiger partial charge is 0.477 e. The molecular weight excluding hydrogens is 330 g/mol. The van der Waals surface area contributed by atoms with E-state index in [4.69, 9.17) is 4.74 Å². The first-order valence-corrected chi connectivity index (χ1v) is 7.48. The summed E-state index contributed by atoms with van der Waals surface area (Å²) < 4.78 is 6.97. The number of aromatic carboxylic acids is 1. The minimum Gasteiger partial charge on any atom is -0.477 e. The summed E-state index contributed by atoms with van der Waals surface area (Å²) in [5.41, 5.74) is -0.308. The van der Waals surface area contributed by atoms with Crippen LogP contribution in [0.5, 0.6) is 0 Å². The summed E-state index contributed by atoms with van der Waals surface area (Å²) in [5.74, 6) is -1.41. The number of hydrogen-bond acceptors (Lipinski definition) is 5. The molecule has 1 amide bonds. The average Bonchev–Trinajstić information content (AvgIpc) is 2.58. The van der Waals surface area contributed by atoms with E-state index in [1.807, 2.05) is 0 Å². The number of anilines is 1. The molecule has 0 unspecified atom stereocenters. The normalized spacial score (nSPS) is 13.4. The number of rotatable bonds is 3. The summed E-state index contributed by atoms with van der Waals surface area (Å²) in [6.07, 6.45) is 0.532. The summed E-state index contributed by atoms with van der Waals surface area (Å²) in [5, 5.41) is 9.21. The van der Waals surface area contributed by atoms with Crippen LogP contribution in [0.2, 0.25) is 0 Å². The Morgan fingerprint density at radius 1 is 1.28 bits per heavy atom. The third kappa shape index (κ3) is 2.59. The molecule has 0 aliphatic carbocycles. The van der Waals surface area contributed by atoms with Gasteiger partial charge >= 0.3 is 17.8 Å². The van der Waals surface area contributed by atoms with Crippen molar-refractivity contribution in [2.45, 2.75) is 20.1 Å².